The molecule has 0 saturated carbocycles. The second kappa shape index (κ2) is 7.64. The van der Waals surface area contributed by atoms with Gasteiger partial charge in [0.25, 0.3) is 0 Å². The lowest BCUT2D eigenvalue weighted by atomic mass is 10.00. The number of nitrogens with one attached hydrogen (secondary N) is 2. The maximum Gasteiger partial charge on any atom is 0.0710 e. The van der Waals surface area contributed by atoms with E-state index in [0.717, 1.165) is 43.0 Å². The average Bonchev–Trinajstić information content (AvgIpc) is 3.03. The molecule has 0 radical (unpaired) electrons. The van der Waals surface area contributed by atoms with Gasteiger partial charge in [-0.1, -0.05) is 0 Å². The Hall–Kier alpha value is -1.76. The summed E-state index contributed by atoms with van der Waals surface area (Å²) in [6, 6.07) is 3.99. The molecule has 2 aromatic rings. The third-order valence-electron chi connectivity index (χ3n) is 4.82. The van der Waals surface area contributed by atoms with Gasteiger partial charge in [-0.05, 0) is 39.8 Å². The molecule has 1 aliphatic rings. The SMILES string of the molecule is C[C@@H]1CN(C(C)(C)CNCc2cn[nH]c2-c2cccnc2)C[C@H](C)O1. The predicted molar refractivity (Wildman–Crippen MR) is 99.2 cm³/mol. The Labute approximate surface area is 150 Å². The van der Waals surface area contributed by atoms with Gasteiger partial charge in [0.05, 0.1) is 24.1 Å². The van der Waals surface area contributed by atoms with E-state index in [9.17, 15) is 0 Å². The zero-order valence-electron chi connectivity index (χ0n) is 15.6. The van der Waals surface area contributed by atoms with E-state index in [1.165, 1.54) is 0 Å². The number of hydrogen-bond acceptors (Lipinski definition) is 5. The molecule has 3 heterocycles. The van der Waals surface area contributed by atoms with Gasteiger partial charge in [-0.3, -0.25) is 15.0 Å². The highest BCUT2D eigenvalue weighted by Gasteiger charge is 2.32. The Morgan fingerprint density at radius 2 is 2.04 bits per heavy atom. The third-order valence-corrected chi connectivity index (χ3v) is 4.82. The first kappa shape index (κ1) is 18.0. The van der Waals surface area contributed by atoms with E-state index in [-0.39, 0.29) is 17.7 Å². The quantitative estimate of drug-likeness (QED) is 0.843. The number of morpholine rings is 1. The van der Waals surface area contributed by atoms with Crippen molar-refractivity contribution in [2.24, 2.45) is 0 Å². The van der Waals surface area contributed by atoms with Crippen LogP contribution in [0, 0.1) is 0 Å². The summed E-state index contributed by atoms with van der Waals surface area (Å²) in [4.78, 5) is 6.71. The molecule has 0 unspecified atom stereocenters. The second-order valence-corrected chi connectivity index (χ2v) is 7.59. The highest BCUT2D eigenvalue weighted by molar-refractivity contribution is 5.61. The fraction of sp³-hybridized carbons (Fsp3) is 0.579. The monoisotopic (exact) mass is 343 g/mol. The Kier molecular flexibility index (Phi) is 5.51. The summed E-state index contributed by atoms with van der Waals surface area (Å²) < 4.78 is 5.86. The summed E-state index contributed by atoms with van der Waals surface area (Å²) >= 11 is 0. The molecule has 0 spiro atoms. The van der Waals surface area contributed by atoms with Crippen LogP contribution in [0.4, 0.5) is 0 Å². The number of H-pyrrole nitrogens is 1. The molecule has 0 aromatic carbocycles. The first-order valence-corrected chi connectivity index (χ1v) is 8.99. The average molecular weight is 343 g/mol. The normalized spacial score (nSPS) is 22.2. The molecule has 6 nitrogen and oxygen atoms in total. The molecule has 2 N–H and O–H groups in total. The van der Waals surface area contributed by atoms with Crippen molar-refractivity contribution in [3.63, 3.8) is 0 Å². The van der Waals surface area contributed by atoms with Crippen molar-refractivity contribution in [2.75, 3.05) is 19.6 Å². The van der Waals surface area contributed by atoms with Crippen LogP contribution in [0.1, 0.15) is 33.3 Å². The van der Waals surface area contributed by atoms with Crippen LogP contribution < -0.4 is 5.32 Å². The Morgan fingerprint density at radius 3 is 2.72 bits per heavy atom. The topological polar surface area (TPSA) is 66.1 Å². The van der Waals surface area contributed by atoms with Gasteiger partial charge < -0.3 is 10.1 Å². The number of aromatic amines is 1. The smallest absolute Gasteiger partial charge is 0.0710 e. The largest absolute Gasteiger partial charge is 0.373 e. The van der Waals surface area contributed by atoms with Crippen molar-refractivity contribution in [2.45, 2.75) is 52.0 Å². The van der Waals surface area contributed by atoms with E-state index in [0.29, 0.717) is 0 Å². The van der Waals surface area contributed by atoms with Gasteiger partial charge in [0, 0.05) is 55.2 Å². The first-order chi connectivity index (χ1) is 12.0. The molecule has 1 aliphatic heterocycles. The first-order valence-electron chi connectivity index (χ1n) is 8.99. The summed E-state index contributed by atoms with van der Waals surface area (Å²) in [6.45, 7) is 12.5. The van der Waals surface area contributed by atoms with Gasteiger partial charge in [0.1, 0.15) is 0 Å². The minimum atomic E-state index is 0.0739. The van der Waals surface area contributed by atoms with Crippen molar-refractivity contribution in [1.29, 1.82) is 0 Å². The molecule has 0 bridgehead atoms. The van der Waals surface area contributed by atoms with Crippen molar-refractivity contribution in [1.82, 2.24) is 25.4 Å². The van der Waals surface area contributed by atoms with Crippen molar-refractivity contribution >= 4 is 0 Å². The number of aromatic nitrogens is 3. The number of ether oxygens (including phenoxy) is 1. The lowest BCUT2D eigenvalue weighted by Crippen LogP contribution is -2.58. The summed E-state index contributed by atoms with van der Waals surface area (Å²) in [5.41, 5.74) is 3.33. The molecule has 1 fully saturated rings. The van der Waals surface area contributed by atoms with Gasteiger partial charge in [-0.2, -0.15) is 5.10 Å². The van der Waals surface area contributed by atoms with Crippen LogP contribution in [0.3, 0.4) is 0 Å². The minimum Gasteiger partial charge on any atom is -0.373 e. The van der Waals surface area contributed by atoms with Gasteiger partial charge in [-0.15, -0.1) is 0 Å². The molecule has 25 heavy (non-hydrogen) atoms. The molecule has 0 aliphatic carbocycles. The number of rotatable bonds is 6. The van der Waals surface area contributed by atoms with Gasteiger partial charge in [-0.25, -0.2) is 0 Å². The maximum atomic E-state index is 5.86. The summed E-state index contributed by atoms with van der Waals surface area (Å²) in [7, 11) is 0. The minimum absolute atomic E-state index is 0.0739. The zero-order valence-corrected chi connectivity index (χ0v) is 15.6. The lowest BCUT2D eigenvalue weighted by Gasteiger charge is -2.45. The Morgan fingerprint density at radius 1 is 1.28 bits per heavy atom. The summed E-state index contributed by atoms with van der Waals surface area (Å²) in [5, 5.41) is 10.9. The van der Waals surface area contributed by atoms with Gasteiger partial charge >= 0.3 is 0 Å². The van der Waals surface area contributed by atoms with Crippen LogP contribution in [0.5, 0.6) is 0 Å². The maximum absolute atomic E-state index is 5.86. The van der Waals surface area contributed by atoms with E-state index in [1.54, 1.807) is 6.20 Å². The van der Waals surface area contributed by atoms with E-state index in [1.807, 2.05) is 24.5 Å². The molecule has 2 aromatic heterocycles. The van der Waals surface area contributed by atoms with Crippen molar-refractivity contribution in [3.8, 4) is 11.3 Å². The highest BCUT2D eigenvalue weighted by Crippen LogP contribution is 2.22. The highest BCUT2D eigenvalue weighted by atomic mass is 16.5. The van der Waals surface area contributed by atoms with Gasteiger partial charge in [0.2, 0.25) is 0 Å². The van der Waals surface area contributed by atoms with E-state index < -0.39 is 0 Å². The van der Waals surface area contributed by atoms with Crippen LogP contribution in [0.15, 0.2) is 30.7 Å². The van der Waals surface area contributed by atoms with Crippen molar-refractivity contribution in [3.05, 3.63) is 36.3 Å². The van der Waals surface area contributed by atoms with Crippen LogP contribution in [0.2, 0.25) is 0 Å². The molecule has 3 rings (SSSR count). The predicted octanol–water partition coefficient (Wildman–Crippen LogP) is 2.45. The summed E-state index contributed by atoms with van der Waals surface area (Å²) in [5.74, 6) is 0. The lowest BCUT2D eigenvalue weighted by molar-refractivity contribution is -0.0952. The van der Waals surface area contributed by atoms with Crippen LogP contribution in [-0.4, -0.2) is 57.5 Å². The molecular weight excluding hydrogens is 314 g/mol. The fourth-order valence-electron chi connectivity index (χ4n) is 3.49. The molecule has 0 amide bonds. The molecule has 6 heteroatoms. The zero-order chi connectivity index (χ0) is 17.9. The van der Waals surface area contributed by atoms with Crippen molar-refractivity contribution < 1.29 is 4.74 Å². The van der Waals surface area contributed by atoms with E-state index >= 15 is 0 Å². The molecular formula is C19H29N5O. The molecule has 1 saturated heterocycles. The summed E-state index contributed by atoms with van der Waals surface area (Å²) in [6.07, 6.45) is 6.10. The van der Waals surface area contributed by atoms with Crippen LogP contribution >= 0.6 is 0 Å². The molecule has 2 atom stereocenters. The number of hydrogen-bond donors (Lipinski definition) is 2. The second-order valence-electron chi connectivity index (χ2n) is 7.59. The number of pyridine rings is 1. The molecule has 136 valence electrons. The third kappa shape index (κ3) is 4.45. The van der Waals surface area contributed by atoms with E-state index in [4.69, 9.17) is 4.74 Å². The van der Waals surface area contributed by atoms with Crippen LogP contribution in [-0.2, 0) is 11.3 Å². The van der Waals surface area contributed by atoms with Gasteiger partial charge in [0.15, 0.2) is 0 Å². The number of nitrogens with zero attached hydrogens (tertiary/aromatic N) is 3. The van der Waals surface area contributed by atoms with E-state index in [2.05, 4.69) is 53.1 Å². The Balaban J connectivity index is 1.59. The fourth-order valence-corrected chi connectivity index (χ4v) is 3.49. The standard InChI is InChI=1S/C19H29N5O/c1-14-11-24(12-15(2)25-14)19(3,4)13-21-9-17-10-22-23-18(17)16-6-5-7-20-8-16/h5-8,10,14-15,21H,9,11-13H2,1-4H3,(H,22,23)/t14-,15+. The van der Waals surface area contributed by atoms with Crippen LogP contribution in [0.25, 0.3) is 11.3 Å². The Bertz CT molecular complexity index is 659.